The van der Waals surface area contributed by atoms with E-state index < -0.39 is 17.5 Å². The predicted octanol–water partition coefficient (Wildman–Crippen LogP) is 3.59. The van der Waals surface area contributed by atoms with E-state index in [0.717, 1.165) is 5.56 Å². The molecule has 0 radical (unpaired) electrons. The van der Waals surface area contributed by atoms with Crippen LogP contribution in [0.3, 0.4) is 0 Å². The number of hydrogen-bond acceptors (Lipinski definition) is 3. The molecule has 0 saturated carbocycles. The topological polar surface area (TPSA) is 55.2 Å². The lowest BCUT2D eigenvalue weighted by Crippen LogP contribution is -2.21. The summed E-state index contributed by atoms with van der Waals surface area (Å²) in [5, 5.41) is 13.4. The molecule has 0 amide bonds. The molecule has 0 saturated heterocycles. The number of nitro groups is 1. The smallest absolute Gasteiger partial charge is 0.310 e. The zero-order valence-electron chi connectivity index (χ0n) is 10.4. The van der Waals surface area contributed by atoms with Gasteiger partial charge < -0.3 is 5.32 Å². The van der Waals surface area contributed by atoms with Gasteiger partial charge in [0.2, 0.25) is 0 Å². The molecule has 0 aliphatic heterocycles. The second-order valence-electron chi connectivity index (χ2n) is 4.24. The number of benzene rings is 1. The number of nitrogens with one attached hydrogen (secondary N) is 1. The Balaban J connectivity index is 2.41. The normalized spacial score (nSPS) is 13.3. The third-order valence-electron chi connectivity index (χ3n) is 2.69. The van der Waals surface area contributed by atoms with Crippen LogP contribution in [0.15, 0.2) is 24.3 Å². The molecular formula is C12H15F3N2O2. The molecule has 0 spiro atoms. The molecule has 1 rings (SSSR count). The summed E-state index contributed by atoms with van der Waals surface area (Å²) in [5.74, 6) is 0. The highest BCUT2D eigenvalue weighted by Gasteiger charge is 2.25. The minimum Gasteiger partial charge on any atom is -0.310 e. The monoisotopic (exact) mass is 276 g/mol. The van der Waals surface area contributed by atoms with E-state index in [-0.39, 0.29) is 24.7 Å². The van der Waals surface area contributed by atoms with E-state index in [1.165, 1.54) is 12.1 Å². The molecule has 0 aliphatic carbocycles. The first-order valence-electron chi connectivity index (χ1n) is 5.84. The fourth-order valence-electron chi connectivity index (χ4n) is 1.61. The first-order valence-corrected chi connectivity index (χ1v) is 5.84. The number of alkyl halides is 3. The van der Waals surface area contributed by atoms with Gasteiger partial charge in [0.15, 0.2) is 0 Å². The third-order valence-corrected chi connectivity index (χ3v) is 2.69. The zero-order valence-corrected chi connectivity index (χ0v) is 10.4. The van der Waals surface area contributed by atoms with E-state index in [1.54, 1.807) is 19.1 Å². The molecule has 106 valence electrons. The summed E-state index contributed by atoms with van der Waals surface area (Å²) < 4.78 is 35.8. The van der Waals surface area contributed by atoms with Crippen LogP contribution >= 0.6 is 0 Å². The summed E-state index contributed by atoms with van der Waals surface area (Å²) in [5.41, 5.74) is 0.797. The maximum Gasteiger partial charge on any atom is 0.389 e. The molecule has 4 nitrogen and oxygen atoms in total. The minimum absolute atomic E-state index is 0.00646. The fraction of sp³-hybridized carbons (Fsp3) is 0.500. The molecule has 1 unspecified atom stereocenters. The standard InChI is InChI=1S/C12H15F3N2O2/c1-9(16-8-2-7-12(13,14)15)10-3-5-11(6-4-10)17(18)19/h3-6,9,16H,2,7-8H2,1H3. The lowest BCUT2D eigenvalue weighted by molar-refractivity contribution is -0.384. The molecule has 0 bridgehead atoms. The Morgan fingerprint density at radius 2 is 1.89 bits per heavy atom. The summed E-state index contributed by atoms with van der Waals surface area (Å²) in [6.07, 6.45) is -4.92. The second-order valence-corrected chi connectivity index (χ2v) is 4.24. The average Bonchev–Trinajstić information content (AvgIpc) is 2.33. The van der Waals surface area contributed by atoms with Crippen LogP contribution in [0.2, 0.25) is 0 Å². The van der Waals surface area contributed by atoms with Gasteiger partial charge in [-0.1, -0.05) is 12.1 Å². The number of rotatable bonds is 6. The van der Waals surface area contributed by atoms with Crippen LogP contribution in [0.25, 0.3) is 0 Å². The van der Waals surface area contributed by atoms with Gasteiger partial charge >= 0.3 is 6.18 Å². The molecule has 19 heavy (non-hydrogen) atoms. The van der Waals surface area contributed by atoms with E-state index in [9.17, 15) is 23.3 Å². The van der Waals surface area contributed by atoms with Crippen molar-refractivity contribution in [3.05, 3.63) is 39.9 Å². The van der Waals surface area contributed by atoms with Gasteiger partial charge in [-0.15, -0.1) is 0 Å². The van der Waals surface area contributed by atoms with Crippen LogP contribution in [0.4, 0.5) is 18.9 Å². The Hall–Kier alpha value is -1.63. The average molecular weight is 276 g/mol. The highest BCUT2D eigenvalue weighted by Crippen LogP contribution is 2.21. The highest BCUT2D eigenvalue weighted by atomic mass is 19.4. The van der Waals surface area contributed by atoms with E-state index in [4.69, 9.17) is 0 Å². The van der Waals surface area contributed by atoms with Crippen molar-refractivity contribution in [2.45, 2.75) is 32.0 Å². The molecule has 1 aromatic carbocycles. The van der Waals surface area contributed by atoms with Gasteiger partial charge in [0, 0.05) is 24.6 Å². The zero-order chi connectivity index (χ0) is 14.5. The second kappa shape index (κ2) is 6.51. The summed E-state index contributed by atoms with van der Waals surface area (Å²) in [4.78, 5) is 9.98. The van der Waals surface area contributed by atoms with Crippen molar-refractivity contribution < 1.29 is 18.1 Å². The molecule has 0 heterocycles. The Morgan fingerprint density at radius 1 is 1.32 bits per heavy atom. The first-order chi connectivity index (χ1) is 8.79. The van der Waals surface area contributed by atoms with Gasteiger partial charge in [-0.25, -0.2) is 0 Å². The van der Waals surface area contributed by atoms with Gasteiger partial charge in [0.25, 0.3) is 5.69 Å². The largest absolute Gasteiger partial charge is 0.389 e. The van der Waals surface area contributed by atoms with E-state index in [2.05, 4.69) is 5.32 Å². The lowest BCUT2D eigenvalue weighted by Gasteiger charge is -2.14. The molecule has 0 aromatic heterocycles. The van der Waals surface area contributed by atoms with Crippen molar-refractivity contribution in [3.8, 4) is 0 Å². The van der Waals surface area contributed by atoms with Crippen molar-refractivity contribution in [3.63, 3.8) is 0 Å². The molecule has 0 fully saturated rings. The van der Waals surface area contributed by atoms with E-state index in [1.807, 2.05) is 0 Å². The van der Waals surface area contributed by atoms with Crippen LogP contribution in [0.5, 0.6) is 0 Å². The third kappa shape index (κ3) is 5.69. The molecule has 1 N–H and O–H groups in total. The van der Waals surface area contributed by atoms with Gasteiger partial charge in [-0.3, -0.25) is 10.1 Å². The molecule has 1 aromatic rings. The summed E-state index contributed by atoms with van der Waals surface area (Å²) in [7, 11) is 0. The number of non-ortho nitro benzene ring substituents is 1. The Kier molecular flexibility index (Phi) is 5.29. The maximum atomic E-state index is 11.9. The number of nitro benzene ring substituents is 1. The summed E-state index contributed by atoms with van der Waals surface area (Å²) in [6.45, 7) is 2.05. The Labute approximate surface area is 108 Å². The maximum absolute atomic E-state index is 11.9. The van der Waals surface area contributed by atoms with Crippen molar-refractivity contribution in [1.29, 1.82) is 0 Å². The predicted molar refractivity (Wildman–Crippen MR) is 64.8 cm³/mol. The van der Waals surface area contributed by atoms with E-state index in [0.29, 0.717) is 0 Å². The molecule has 1 atom stereocenters. The quantitative estimate of drug-likeness (QED) is 0.491. The number of nitrogens with zero attached hydrogens (tertiary/aromatic N) is 1. The summed E-state index contributed by atoms with van der Waals surface area (Å²) in [6, 6.07) is 5.81. The number of halogens is 3. The van der Waals surface area contributed by atoms with Gasteiger partial charge in [-0.05, 0) is 25.5 Å². The van der Waals surface area contributed by atoms with Crippen LogP contribution in [0, 0.1) is 10.1 Å². The number of hydrogen-bond donors (Lipinski definition) is 1. The summed E-state index contributed by atoms with van der Waals surface area (Å²) >= 11 is 0. The van der Waals surface area contributed by atoms with Crippen molar-refractivity contribution in [1.82, 2.24) is 5.32 Å². The molecular weight excluding hydrogens is 261 g/mol. The van der Waals surface area contributed by atoms with Gasteiger partial charge in [-0.2, -0.15) is 13.2 Å². The fourth-order valence-corrected chi connectivity index (χ4v) is 1.61. The van der Waals surface area contributed by atoms with Gasteiger partial charge in [0.05, 0.1) is 4.92 Å². The van der Waals surface area contributed by atoms with Crippen molar-refractivity contribution in [2.75, 3.05) is 6.54 Å². The Morgan fingerprint density at radius 3 is 2.37 bits per heavy atom. The molecule has 7 heteroatoms. The SMILES string of the molecule is CC(NCCCC(F)(F)F)c1ccc([N+](=O)[O-])cc1. The minimum atomic E-state index is -4.13. The van der Waals surface area contributed by atoms with Crippen LogP contribution in [-0.4, -0.2) is 17.6 Å². The van der Waals surface area contributed by atoms with Gasteiger partial charge in [0.1, 0.15) is 0 Å². The van der Waals surface area contributed by atoms with Crippen LogP contribution in [0.1, 0.15) is 31.4 Å². The lowest BCUT2D eigenvalue weighted by atomic mass is 10.1. The Bertz CT molecular complexity index is 418. The first kappa shape index (κ1) is 15.4. The van der Waals surface area contributed by atoms with Crippen LogP contribution in [-0.2, 0) is 0 Å². The molecule has 0 aliphatic rings. The highest BCUT2D eigenvalue weighted by molar-refractivity contribution is 5.33. The van der Waals surface area contributed by atoms with E-state index >= 15 is 0 Å². The van der Waals surface area contributed by atoms with Crippen molar-refractivity contribution in [2.24, 2.45) is 0 Å². The van der Waals surface area contributed by atoms with Crippen LogP contribution < -0.4 is 5.32 Å². The van der Waals surface area contributed by atoms with Crippen molar-refractivity contribution >= 4 is 5.69 Å².